The van der Waals surface area contributed by atoms with Crippen molar-refractivity contribution < 1.29 is 0 Å². The molecule has 31 heavy (non-hydrogen) atoms. The van der Waals surface area contributed by atoms with Gasteiger partial charge in [0.05, 0.1) is 22.9 Å². The molecule has 5 rings (SSSR count). The van der Waals surface area contributed by atoms with E-state index in [4.69, 9.17) is 23.1 Å². The van der Waals surface area contributed by atoms with E-state index in [-0.39, 0.29) is 23.4 Å². The number of nitrogens with two attached hydrogens (primary N) is 2. The van der Waals surface area contributed by atoms with Crippen LogP contribution in [0.4, 0.5) is 17.6 Å². The lowest BCUT2D eigenvalue weighted by Crippen LogP contribution is -2.17. The molecule has 154 valence electrons. The van der Waals surface area contributed by atoms with Crippen molar-refractivity contribution in [2.45, 2.75) is 18.9 Å². The first-order valence-corrected chi connectivity index (χ1v) is 10.1. The van der Waals surface area contributed by atoms with Crippen LogP contribution in [0.5, 0.6) is 0 Å². The smallest absolute Gasteiger partial charge is 0.224 e. The Morgan fingerprint density at radius 1 is 1.23 bits per heavy atom. The van der Waals surface area contributed by atoms with E-state index in [1.165, 1.54) is 0 Å². The number of pyridine rings is 2. The van der Waals surface area contributed by atoms with Crippen molar-refractivity contribution in [2.75, 3.05) is 16.8 Å². The zero-order valence-electron chi connectivity index (χ0n) is 16.3. The zero-order chi connectivity index (χ0) is 21.5. The van der Waals surface area contributed by atoms with E-state index in [1.807, 2.05) is 22.9 Å². The fraction of sp³-hybridized carbons (Fsp3) is 0.190. The summed E-state index contributed by atoms with van der Waals surface area (Å²) in [5, 5.41) is 14.4. The second kappa shape index (κ2) is 7.41. The average molecular weight is 432 g/mol. The minimum Gasteiger partial charge on any atom is -0.382 e. The summed E-state index contributed by atoms with van der Waals surface area (Å²) in [6, 6.07) is 7.50. The number of nitrogen functional groups attached to an aromatic ring is 2. The van der Waals surface area contributed by atoms with E-state index in [0.717, 1.165) is 35.1 Å². The molecule has 1 atom stereocenters. The van der Waals surface area contributed by atoms with Crippen LogP contribution in [0, 0.1) is 17.2 Å². The van der Waals surface area contributed by atoms with Crippen LogP contribution in [0.3, 0.4) is 0 Å². The first-order valence-electron chi connectivity index (χ1n) is 9.72. The Morgan fingerprint density at radius 2 is 2.06 bits per heavy atom. The predicted molar refractivity (Wildman–Crippen MR) is 119 cm³/mol. The van der Waals surface area contributed by atoms with Crippen LogP contribution >= 0.6 is 11.6 Å². The third kappa shape index (κ3) is 3.37. The van der Waals surface area contributed by atoms with Crippen molar-refractivity contribution in [3.8, 4) is 11.8 Å². The fourth-order valence-electron chi connectivity index (χ4n) is 3.81. The van der Waals surface area contributed by atoms with Gasteiger partial charge in [-0.15, -0.1) is 0 Å². The SMILES string of the molecule is N#Cc1c(N)nc(N)nc1N[C@H](c1cn(-c2cccnc2)c2nccc(Cl)c12)C1CC1. The van der Waals surface area contributed by atoms with E-state index < -0.39 is 0 Å². The van der Waals surface area contributed by atoms with Crippen molar-refractivity contribution in [3.63, 3.8) is 0 Å². The highest BCUT2D eigenvalue weighted by atomic mass is 35.5. The average Bonchev–Trinajstić information content (AvgIpc) is 3.52. The Labute approximate surface area is 182 Å². The highest BCUT2D eigenvalue weighted by molar-refractivity contribution is 6.35. The van der Waals surface area contributed by atoms with Gasteiger partial charge < -0.3 is 16.8 Å². The molecule has 4 aromatic heterocycles. The van der Waals surface area contributed by atoms with Gasteiger partial charge in [-0.05, 0) is 37.0 Å². The van der Waals surface area contributed by atoms with E-state index in [1.54, 1.807) is 24.7 Å². The Bertz CT molecular complexity index is 1320. The summed E-state index contributed by atoms with van der Waals surface area (Å²) in [6.45, 7) is 0. The molecule has 1 saturated carbocycles. The molecule has 0 spiro atoms. The van der Waals surface area contributed by atoms with Crippen LogP contribution in [0.1, 0.15) is 30.0 Å². The number of hydrogen-bond acceptors (Lipinski definition) is 8. The normalized spacial score (nSPS) is 14.3. The third-order valence-electron chi connectivity index (χ3n) is 5.38. The number of nitrogens with zero attached hydrogens (tertiary/aromatic N) is 6. The summed E-state index contributed by atoms with van der Waals surface area (Å²) in [4.78, 5) is 16.9. The lowest BCUT2D eigenvalue weighted by molar-refractivity contribution is 0.678. The van der Waals surface area contributed by atoms with Crippen molar-refractivity contribution in [1.29, 1.82) is 5.26 Å². The first kappa shape index (κ1) is 19.1. The molecule has 4 aromatic rings. The lowest BCUT2D eigenvalue weighted by atomic mass is 10.0. The molecular weight excluding hydrogens is 414 g/mol. The number of anilines is 3. The molecule has 0 bridgehead atoms. The Kier molecular flexibility index (Phi) is 4.56. The molecule has 1 aliphatic carbocycles. The van der Waals surface area contributed by atoms with Gasteiger partial charge in [-0.2, -0.15) is 15.2 Å². The van der Waals surface area contributed by atoms with Crippen LogP contribution in [-0.2, 0) is 0 Å². The van der Waals surface area contributed by atoms with Gasteiger partial charge in [0.15, 0.2) is 5.82 Å². The second-order valence-corrected chi connectivity index (χ2v) is 7.83. The van der Waals surface area contributed by atoms with E-state index >= 15 is 0 Å². The molecule has 0 amide bonds. The van der Waals surface area contributed by atoms with Gasteiger partial charge >= 0.3 is 0 Å². The molecule has 0 aliphatic heterocycles. The first-order chi connectivity index (χ1) is 15.1. The largest absolute Gasteiger partial charge is 0.382 e. The van der Waals surface area contributed by atoms with Crippen molar-refractivity contribution in [1.82, 2.24) is 24.5 Å². The van der Waals surface area contributed by atoms with Gasteiger partial charge in [0.2, 0.25) is 5.95 Å². The minimum absolute atomic E-state index is 0.00559. The van der Waals surface area contributed by atoms with Crippen LogP contribution in [0.2, 0.25) is 5.02 Å². The topological polar surface area (TPSA) is 144 Å². The highest BCUT2D eigenvalue weighted by Gasteiger charge is 2.36. The number of rotatable bonds is 5. The molecule has 1 fully saturated rings. The Morgan fingerprint density at radius 3 is 2.77 bits per heavy atom. The number of hydrogen-bond donors (Lipinski definition) is 3. The van der Waals surface area contributed by atoms with Crippen molar-refractivity contribution >= 4 is 40.2 Å². The fourth-order valence-corrected chi connectivity index (χ4v) is 4.06. The number of halogens is 1. The molecule has 1 aliphatic rings. The maximum Gasteiger partial charge on any atom is 0.224 e. The predicted octanol–water partition coefficient (Wildman–Crippen LogP) is 3.46. The lowest BCUT2D eigenvalue weighted by Gasteiger charge is -2.20. The molecule has 5 N–H and O–H groups in total. The summed E-state index contributed by atoms with van der Waals surface area (Å²) in [6.07, 6.45) is 9.25. The Balaban J connectivity index is 1.68. The van der Waals surface area contributed by atoms with Crippen LogP contribution in [0.15, 0.2) is 43.0 Å². The summed E-state index contributed by atoms with van der Waals surface area (Å²) in [5.74, 6) is 0.704. The molecule has 0 aromatic carbocycles. The number of fused-ring (bicyclic) bond motifs is 1. The van der Waals surface area contributed by atoms with Gasteiger partial charge in [-0.1, -0.05) is 11.6 Å². The van der Waals surface area contributed by atoms with Gasteiger partial charge in [0.1, 0.15) is 23.1 Å². The summed E-state index contributed by atoms with van der Waals surface area (Å²) in [7, 11) is 0. The number of aromatic nitrogens is 5. The van der Waals surface area contributed by atoms with Crippen molar-refractivity contribution in [3.05, 3.63) is 59.1 Å². The molecule has 0 radical (unpaired) electrons. The van der Waals surface area contributed by atoms with E-state index in [2.05, 4.69) is 31.3 Å². The van der Waals surface area contributed by atoms with Gasteiger partial charge in [-0.25, -0.2) is 4.98 Å². The molecular formula is C21H18ClN9. The second-order valence-electron chi connectivity index (χ2n) is 7.42. The maximum atomic E-state index is 9.56. The monoisotopic (exact) mass is 431 g/mol. The zero-order valence-corrected chi connectivity index (χ0v) is 17.1. The summed E-state index contributed by atoms with van der Waals surface area (Å²) >= 11 is 6.63. The number of nitriles is 1. The Hall–Kier alpha value is -3.90. The number of nitrogens with one attached hydrogen (secondary N) is 1. The molecule has 0 saturated heterocycles. The molecule has 4 heterocycles. The molecule has 9 nitrogen and oxygen atoms in total. The van der Waals surface area contributed by atoms with Gasteiger partial charge in [-0.3, -0.25) is 9.55 Å². The standard InChI is InChI=1S/C21H18ClN9/c22-15-5-7-27-20-16(15)14(10-31(20)12-2-1-6-26-9-12)17(11-3-4-11)28-19-13(8-23)18(24)29-21(25)30-19/h1-2,5-7,9-11,17H,3-4H2,(H5,24,25,28,29,30)/t17-/m0/s1. The van der Waals surface area contributed by atoms with Crippen LogP contribution in [-0.4, -0.2) is 24.5 Å². The molecule has 10 heteroatoms. The maximum absolute atomic E-state index is 9.56. The van der Waals surface area contributed by atoms with Crippen LogP contribution < -0.4 is 16.8 Å². The van der Waals surface area contributed by atoms with Crippen LogP contribution in [0.25, 0.3) is 16.7 Å². The minimum atomic E-state index is -0.164. The van der Waals surface area contributed by atoms with Gasteiger partial charge in [0, 0.05) is 29.5 Å². The van der Waals surface area contributed by atoms with Crippen molar-refractivity contribution in [2.24, 2.45) is 5.92 Å². The quantitative estimate of drug-likeness (QED) is 0.435. The highest BCUT2D eigenvalue weighted by Crippen LogP contribution is 2.46. The van der Waals surface area contributed by atoms with E-state index in [0.29, 0.717) is 16.8 Å². The summed E-state index contributed by atoms with van der Waals surface area (Å²) in [5.41, 5.74) is 14.4. The van der Waals surface area contributed by atoms with E-state index in [9.17, 15) is 5.26 Å². The molecule has 0 unspecified atom stereocenters. The summed E-state index contributed by atoms with van der Waals surface area (Å²) < 4.78 is 1.97. The third-order valence-corrected chi connectivity index (χ3v) is 5.69. The van der Waals surface area contributed by atoms with Gasteiger partial charge in [0.25, 0.3) is 0 Å².